The molecule has 0 aromatic heterocycles. The molecule has 2 aromatic rings. The Hall–Kier alpha value is -2.25. The quantitative estimate of drug-likeness (QED) is 0.517. The third-order valence-corrected chi connectivity index (χ3v) is 4.41. The molecule has 2 aromatic carbocycles. The van der Waals surface area contributed by atoms with Gasteiger partial charge in [-0.05, 0) is 24.1 Å². The van der Waals surface area contributed by atoms with Crippen LogP contribution in [0, 0.1) is 0 Å². The minimum atomic E-state index is -4.47. The highest BCUT2D eigenvalue weighted by Crippen LogP contribution is 2.34. The molecule has 1 aliphatic rings. The highest BCUT2D eigenvalue weighted by atomic mass is 32.2. The van der Waals surface area contributed by atoms with Crippen LogP contribution in [0.3, 0.4) is 0 Å². The number of carbonyl (C=O) groups excluding carboxylic acids is 2. The molecule has 108 valence electrons. The third-order valence-electron chi connectivity index (χ3n) is 3.50. The smallest absolute Gasteiger partial charge is 0.346 e. The Kier molecular flexibility index (Phi) is 2.86. The second kappa shape index (κ2) is 4.37. The topological polar surface area (TPSA) is 97.7 Å². The molecule has 0 saturated carbocycles. The van der Waals surface area contributed by atoms with Gasteiger partial charge in [-0.1, -0.05) is 19.1 Å². The molecule has 0 spiro atoms. The van der Waals surface area contributed by atoms with Crippen molar-refractivity contribution in [1.82, 2.24) is 0 Å². The largest absolute Gasteiger partial charge is 0.386 e. The first-order valence-electron chi connectivity index (χ1n) is 6.17. The van der Waals surface area contributed by atoms with Crippen molar-refractivity contribution in [2.75, 3.05) is 0 Å². The van der Waals surface area contributed by atoms with Crippen molar-refractivity contribution >= 4 is 32.8 Å². The number of rotatable bonds is 2. The molecule has 6 nitrogen and oxygen atoms in total. The molecule has 0 unspecified atom stereocenters. The van der Waals surface area contributed by atoms with Gasteiger partial charge in [-0.3, -0.25) is 4.55 Å². The van der Waals surface area contributed by atoms with Gasteiger partial charge in [-0.25, -0.2) is 9.59 Å². The zero-order chi connectivity index (χ0) is 15.4. The number of hydrogen-bond acceptors (Lipinski definition) is 5. The molecule has 1 aliphatic heterocycles. The van der Waals surface area contributed by atoms with Crippen molar-refractivity contribution < 1.29 is 27.3 Å². The predicted molar refractivity (Wildman–Crippen MR) is 72.9 cm³/mol. The molecular weight excluding hydrogens is 296 g/mol. The van der Waals surface area contributed by atoms with Crippen molar-refractivity contribution in [1.29, 1.82) is 0 Å². The van der Waals surface area contributed by atoms with E-state index in [0.717, 1.165) is 6.07 Å². The summed E-state index contributed by atoms with van der Waals surface area (Å²) in [4.78, 5) is 23.4. The van der Waals surface area contributed by atoms with Crippen LogP contribution < -0.4 is 0 Å². The van der Waals surface area contributed by atoms with E-state index in [1.807, 2.05) is 6.92 Å². The highest BCUT2D eigenvalue weighted by Gasteiger charge is 2.31. The van der Waals surface area contributed by atoms with Gasteiger partial charge in [0, 0.05) is 10.8 Å². The van der Waals surface area contributed by atoms with Gasteiger partial charge < -0.3 is 4.74 Å². The maximum atomic E-state index is 12.0. The summed E-state index contributed by atoms with van der Waals surface area (Å²) in [7, 11) is -4.47. The maximum absolute atomic E-state index is 12.0. The zero-order valence-corrected chi connectivity index (χ0v) is 11.7. The summed E-state index contributed by atoms with van der Waals surface area (Å²) < 4.78 is 36.9. The maximum Gasteiger partial charge on any atom is 0.346 e. The van der Waals surface area contributed by atoms with E-state index < -0.39 is 22.1 Å². The molecule has 0 atom stereocenters. The highest BCUT2D eigenvalue weighted by molar-refractivity contribution is 7.86. The van der Waals surface area contributed by atoms with Crippen molar-refractivity contribution in [2.45, 2.75) is 18.2 Å². The van der Waals surface area contributed by atoms with E-state index in [1.165, 1.54) is 12.1 Å². The lowest BCUT2D eigenvalue weighted by atomic mass is 9.92. The minimum absolute atomic E-state index is 0.113. The first kappa shape index (κ1) is 13.7. The Morgan fingerprint density at radius 1 is 1.10 bits per heavy atom. The van der Waals surface area contributed by atoms with Gasteiger partial charge in [0.05, 0.1) is 11.1 Å². The van der Waals surface area contributed by atoms with Gasteiger partial charge in [0.25, 0.3) is 10.1 Å². The van der Waals surface area contributed by atoms with Crippen LogP contribution in [0.25, 0.3) is 10.8 Å². The standard InChI is InChI=1S/C14H10O6S/c1-2-7-3-4-8-10(21(17,18)19)6-5-9-12(8)11(7)14(16)20-13(9)15/h3-6H,2H2,1H3,(H,17,18,19). The molecule has 3 rings (SSSR count). The molecular formula is C14H10O6S. The normalized spacial score (nSPS) is 14.4. The van der Waals surface area contributed by atoms with Crippen LogP contribution in [-0.2, 0) is 21.3 Å². The third kappa shape index (κ3) is 1.93. The second-order valence-corrected chi connectivity index (χ2v) is 6.03. The summed E-state index contributed by atoms with van der Waals surface area (Å²) in [6.45, 7) is 1.83. The summed E-state index contributed by atoms with van der Waals surface area (Å²) in [5, 5.41) is 0.345. The fourth-order valence-corrected chi connectivity index (χ4v) is 3.26. The van der Waals surface area contributed by atoms with E-state index in [-0.39, 0.29) is 26.8 Å². The Morgan fingerprint density at radius 3 is 2.43 bits per heavy atom. The summed E-state index contributed by atoms with van der Waals surface area (Å²) in [5.74, 6) is -1.63. The van der Waals surface area contributed by atoms with Gasteiger partial charge >= 0.3 is 11.9 Å². The minimum Gasteiger partial charge on any atom is -0.386 e. The summed E-state index contributed by atoms with van der Waals surface area (Å²) in [6, 6.07) is 5.44. The Bertz CT molecular complexity index is 911. The number of carbonyl (C=O) groups is 2. The van der Waals surface area contributed by atoms with E-state index in [1.54, 1.807) is 6.07 Å². The van der Waals surface area contributed by atoms with Gasteiger partial charge in [0.2, 0.25) is 0 Å². The van der Waals surface area contributed by atoms with Crippen LogP contribution in [0.4, 0.5) is 0 Å². The van der Waals surface area contributed by atoms with Crippen LogP contribution >= 0.6 is 0 Å². The van der Waals surface area contributed by atoms with E-state index in [2.05, 4.69) is 4.74 Å². The van der Waals surface area contributed by atoms with Crippen LogP contribution in [0.5, 0.6) is 0 Å². The Labute approximate surface area is 120 Å². The summed E-state index contributed by atoms with van der Waals surface area (Å²) >= 11 is 0. The van der Waals surface area contributed by atoms with Crippen LogP contribution in [0.1, 0.15) is 33.2 Å². The molecule has 7 heteroatoms. The molecule has 0 radical (unpaired) electrons. The first-order chi connectivity index (χ1) is 9.84. The SMILES string of the molecule is CCc1ccc2c(S(=O)(=O)O)ccc3c2c1C(=O)OC3=O. The van der Waals surface area contributed by atoms with Crippen molar-refractivity contribution in [3.05, 3.63) is 41.0 Å². The summed E-state index contributed by atoms with van der Waals surface area (Å²) in [5.41, 5.74) is 0.936. The number of hydrogen-bond donors (Lipinski definition) is 1. The first-order valence-corrected chi connectivity index (χ1v) is 7.61. The molecule has 0 saturated heterocycles. The van der Waals surface area contributed by atoms with Crippen molar-refractivity contribution in [3.63, 3.8) is 0 Å². The predicted octanol–water partition coefficient (Wildman–Crippen LogP) is 1.96. The molecule has 0 fully saturated rings. The number of benzene rings is 2. The number of cyclic esters (lactones) is 2. The monoisotopic (exact) mass is 306 g/mol. The molecule has 0 aliphatic carbocycles. The van der Waals surface area contributed by atoms with Crippen molar-refractivity contribution in [3.8, 4) is 0 Å². The van der Waals surface area contributed by atoms with Gasteiger partial charge in [-0.15, -0.1) is 0 Å². The van der Waals surface area contributed by atoms with E-state index in [9.17, 15) is 22.6 Å². The van der Waals surface area contributed by atoms with Gasteiger partial charge in [-0.2, -0.15) is 8.42 Å². The van der Waals surface area contributed by atoms with Crippen LogP contribution in [-0.4, -0.2) is 24.9 Å². The lowest BCUT2D eigenvalue weighted by Crippen LogP contribution is -2.21. The molecule has 1 heterocycles. The molecule has 0 amide bonds. The summed E-state index contributed by atoms with van der Waals surface area (Å²) in [6.07, 6.45) is 0.518. The Morgan fingerprint density at radius 2 is 1.81 bits per heavy atom. The van der Waals surface area contributed by atoms with Crippen molar-refractivity contribution in [2.24, 2.45) is 0 Å². The molecule has 1 N–H and O–H groups in total. The van der Waals surface area contributed by atoms with Crippen LogP contribution in [0.2, 0.25) is 0 Å². The molecule has 0 bridgehead atoms. The number of aryl methyl sites for hydroxylation is 1. The molecule has 21 heavy (non-hydrogen) atoms. The average molecular weight is 306 g/mol. The van der Waals surface area contributed by atoms with Crippen LogP contribution in [0.15, 0.2) is 29.2 Å². The fourth-order valence-electron chi connectivity index (χ4n) is 2.58. The Balaban J connectivity index is 2.58. The van der Waals surface area contributed by atoms with E-state index in [0.29, 0.717) is 12.0 Å². The van der Waals surface area contributed by atoms with E-state index in [4.69, 9.17) is 0 Å². The average Bonchev–Trinajstić information content (AvgIpc) is 2.42. The van der Waals surface area contributed by atoms with Gasteiger partial charge in [0.15, 0.2) is 0 Å². The second-order valence-electron chi connectivity index (χ2n) is 4.64. The van der Waals surface area contributed by atoms with E-state index >= 15 is 0 Å². The number of esters is 2. The lowest BCUT2D eigenvalue weighted by molar-refractivity contribution is 0.0390. The fraction of sp³-hybridized carbons (Fsp3) is 0.143. The lowest BCUT2D eigenvalue weighted by Gasteiger charge is -2.19. The zero-order valence-electron chi connectivity index (χ0n) is 10.9. The number of ether oxygens (including phenoxy) is 1. The van der Waals surface area contributed by atoms with Gasteiger partial charge in [0.1, 0.15) is 4.90 Å².